The first-order valence-electron chi connectivity index (χ1n) is 10.8. The van der Waals surface area contributed by atoms with Crippen LogP contribution in [0.4, 0.5) is 0 Å². The number of hydrogen-bond acceptors (Lipinski definition) is 6. The first-order valence-corrected chi connectivity index (χ1v) is 11.2. The molecule has 0 saturated carbocycles. The average Bonchev–Trinajstić information content (AvgIpc) is 3.07. The molecule has 0 radical (unpaired) electrons. The van der Waals surface area contributed by atoms with Gasteiger partial charge in [0.2, 0.25) is 0 Å². The maximum absolute atomic E-state index is 11.9. The number of esters is 1. The van der Waals surface area contributed by atoms with E-state index in [1.807, 2.05) is 26.0 Å². The highest BCUT2D eigenvalue weighted by Crippen LogP contribution is 2.20. The number of nitrogens with one attached hydrogen (secondary N) is 2. The molecule has 2 aromatic rings. The van der Waals surface area contributed by atoms with Gasteiger partial charge in [0.1, 0.15) is 0 Å². The van der Waals surface area contributed by atoms with E-state index in [0.29, 0.717) is 17.3 Å². The van der Waals surface area contributed by atoms with Crippen molar-refractivity contribution >= 4 is 29.5 Å². The number of carbonyl (C=O) groups excluding carboxylic acids is 1. The summed E-state index contributed by atoms with van der Waals surface area (Å²) in [5, 5.41) is 7.96. The fraction of sp³-hybridized carbons (Fsp3) is 0.435. The molecule has 0 amide bonds. The fourth-order valence-corrected chi connectivity index (χ4v) is 3.78. The Morgan fingerprint density at radius 2 is 1.97 bits per heavy atom. The van der Waals surface area contributed by atoms with Crippen LogP contribution >= 0.6 is 12.2 Å². The summed E-state index contributed by atoms with van der Waals surface area (Å²) < 4.78 is 12.5. The third-order valence-corrected chi connectivity index (χ3v) is 5.53. The number of rotatable bonds is 8. The summed E-state index contributed by atoms with van der Waals surface area (Å²) in [6.07, 6.45) is 1.77. The highest BCUT2D eigenvalue weighted by molar-refractivity contribution is 7.80. The minimum absolute atomic E-state index is 0.312. The largest absolute Gasteiger partial charge is 0.462 e. The lowest BCUT2D eigenvalue weighted by Gasteiger charge is -2.26. The normalized spacial score (nSPS) is 14.5. The van der Waals surface area contributed by atoms with E-state index in [1.54, 1.807) is 25.3 Å². The van der Waals surface area contributed by atoms with Gasteiger partial charge in [0, 0.05) is 48.8 Å². The summed E-state index contributed by atoms with van der Waals surface area (Å²) in [5.41, 5.74) is 7.50. The third-order valence-electron chi connectivity index (χ3n) is 5.29. The van der Waals surface area contributed by atoms with Crippen molar-refractivity contribution < 1.29 is 14.3 Å². The molecule has 1 fully saturated rings. The molecule has 0 unspecified atom stereocenters. The highest BCUT2D eigenvalue weighted by atomic mass is 32.1. The summed E-state index contributed by atoms with van der Waals surface area (Å²) in [6.45, 7) is 11.4. The predicted octanol–water partition coefficient (Wildman–Crippen LogP) is 2.40. The topological polar surface area (TPSA) is 80.1 Å². The van der Waals surface area contributed by atoms with Gasteiger partial charge in [-0.25, -0.2) is 4.79 Å². The lowest BCUT2D eigenvalue weighted by Crippen LogP contribution is -2.42. The van der Waals surface area contributed by atoms with Gasteiger partial charge in [-0.05, 0) is 63.3 Å². The maximum atomic E-state index is 11.9. The van der Waals surface area contributed by atoms with Gasteiger partial charge in [0.15, 0.2) is 5.11 Å². The molecule has 0 atom stereocenters. The molecule has 1 aliphatic rings. The molecule has 32 heavy (non-hydrogen) atoms. The molecule has 2 N–H and O–H groups in total. The van der Waals surface area contributed by atoms with Gasteiger partial charge >= 0.3 is 5.97 Å². The van der Waals surface area contributed by atoms with Crippen LogP contribution in [0.5, 0.6) is 0 Å². The van der Waals surface area contributed by atoms with E-state index in [0.717, 1.165) is 62.0 Å². The number of hydrogen-bond donors (Lipinski definition) is 2. The second-order valence-electron chi connectivity index (χ2n) is 7.51. The van der Waals surface area contributed by atoms with Gasteiger partial charge in [0.05, 0.1) is 31.6 Å². The molecule has 1 saturated heterocycles. The molecule has 1 aromatic carbocycles. The molecule has 3 rings (SSSR count). The number of morpholine rings is 1. The van der Waals surface area contributed by atoms with Crippen molar-refractivity contribution in [2.45, 2.75) is 20.8 Å². The number of hydrazone groups is 1. The molecule has 1 aliphatic heterocycles. The summed E-state index contributed by atoms with van der Waals surface area (Å²) in [4.78, 5) is 14.2. The van der Waals surface area contributed by atoms with Gasteiger partial charge in [-0.2, -0.15) is 5.10 Å². The predicted molar refractivity (Wildman–Crippen MR) is 130 cm³/mol. The minimum Gasteiger partial charge on any atom is -0.462 e. The standard InChI is InChI=1S/C23H31N5O3S/c1-4-31-22(29)19-5-7-21(8-6-19)28-17(2)15-20(18(28)3)16-25-26-23(32)24-9-10-27-11-13-30-14-12-27/h5-8,15-16H,4,9-14H2,1-3H3,(H2,24,26,32). The average molecular weight is 458 g/mol. The second-order valence-corrected chi connectivity index (χ2v) is 7.92. The number of thiocarbonyl (C=S) groups is 1. The smallest absolute Gasteiger partial charge is 0.338 e. The molecule has 0 bridgehead atoms. The first kappa shape index (κ1) is 23.9. The molecule has 0 spiro atoms. The Morgan fingerprint density at radius 1 is 1.25 bits per heavy atom. The molecular formula is C23H31N5O3S. The van der Waals surface area contributed by atoms with Gasteiger partial charge in [-0.3, -0.25) is 10.3 Å². The zero-order valence-corrected chi connectivity index (χ0v) is 19.7. The first-order chi connectivity index (χ1) is 15.5. The minimum atomic E-state index is -0.312. The zero-order chi connectivity index (χ0) is 22.9. The van der Waals surface area contributed by atoms with Crippen molar-refractivity contribution in [1.82, 2.24) is 20.2 Å². The fourth-order valence-electron chi connectivity index (χ4n) is 3.63. The van der Waals surface area contributed by atoms with E-state index in [-0.39, 0.29) is 5.97 Å². The van der Waals surface area contributed by atoms with Crippen molar-refractivity contribution in [2.24, 2.45) is 5.10 Å². The van der Waals surface area contributed by atoms with Crippen LogP contribution in [-0.2, 0) is 9.47 Å². The summed E-state index contributed by atoms with van der Waals surface area (Å²) in [5.74, 6) is -0.312. The maximum Gasteiger partial charge on any atom is 0.338 e. The summed E-state index contributed by atoms with van der Waals surface area (Å²) in [6, 6.07) is 9.46. The monoisotopic (exact) mass is 457 g/mol. The van der Waals surface area contributed by atoms with E-state index in [1.165, 1.54) is 0 Å². The van der Waals surface area contributed by atoms with Crippen LogP contribution < -0.4 is 10.7 Å². The zero-order valence-electron chi connectivity index (χ0n) is 18.9. The third kappa shape index (κ3) is 6.38. The van der Waals surface area contributed by atoms with Crippen LogP contribution in [0.1, 0.15) is 34.2 Å². The van der Waals surface area contributed by atoms with Crippen molar-refractivity contribution in [1.29, 1.82) is 0 Å². The lowest BCUT2D eigenvalue weighted by atomic mass is 10.2. The molecular weight excluding hydrogens is 426 g/mol. The van der Waals surface area contributed by atoms with Crippen LogP contribution in [0.25, 0.3) is 5.69 Å². The summed E-state index contributed by atoms with van der Waals surface area (Å²) in [7, 11) is 0. The van der Waals surface area contributed by atoms with Gasteiger partial charge in [-0.15, -0.1) is 0 Å². The van der Waals surface area contributed by atoms with E-state index < -0.39 is 0 Å². The Balaban J connectivity index is 1.55. The molecule has 172 valence electrons. The molecule has 1 aromatic heterocycles. The Morgan fingerprint density at radius 3 is 2.66 bits per heavy atom. The SMILES string of the molecule is CCOC(=O)c1ccc(-n2c(C)cc(C=NNC(=S)NCCN3CCOCC3)c2C)cc1. The van der Waals surface area contributed by atoms with Crippen LogP contribution in [0.15, 0.2) is 35.4 Å². The quantitative estimate of drug-likeness (QED) is 0.273. The Hall–Kier alpha value is -2.75. The molecule has 9 heteroatoms. The lowest BCUT2D eigenvalue weighted by molar-refractivity contribution is 0.0389. The highest BCUT2D eigenvalue weighted by Gasteiger charge is 2.12. The van der Waals surface area contributed by atoms with Crippen molar-refractivity contribution in [3.8, 4) is 5.69 Å². The van der Waals surface area contributed by atoms with Crippen LogP contribution in [0.2, 0.25) is 0 Å². The second kappa shape index (κ2) is 11.8. The molecule has 0 aliphatic carbocycles. The Kier molecular flexibility index (Phi) is 8.78. The van der Waals surface area contributed by atoms with Gasteiger partial charge in [0.25, 0.3) is 0 Å². The Bertz CT molecular complexity index is 949. The Labute approximate surface area is 194 Å². The van der Waals surface area contributed by atoms with Crippen LogP contribution in [-0.4, -0.2) is 72.8 Å². The number of carbonyl (C=O) groups is 1. The van der Waals surface area contributed by atoms with Gasteiger partial charge < -0.3 is 19.4 Å². The van der Waals surface area contributed by atoms with E-state index in [9.17, 15) is 4.79 Å². The van der Waals surface area contributed by atoms with Crippen molar-refractivity contribution in [3.05, 3.63) is 52.8 Å². The van der Waals surface area contributed by atoms with Crippen molar-refractivity contribution in [2.75, 3.05) is 46.0 Å². The van der Waals surface area contributed by atoms with Crippen LogP contribution in [0.3, 0.4) is 0 Å². The van der Waals surface area contributed by atoms with E-state index in [2.05, 4.69) is 31.4 Å². The number of aryl methyl sites for hydroxylation is 1. The van der Waals surface area contributed by atoms with Gasteiger partial charge in [-0.1, -0.05) is 0 Å². The van der Waals surface area contributed by atoms with E-state index in [4.69, 9.17) is 21.7 Å². The molecule has 2 heterocycles. The van der Waals surface area contributed by atoms with E-state index >= 15 is 0 Å². The van der Waals surface area contributed by atoms with Crippen LogP contribution in [0, 0.1) is 13.8 Å². The number of aromatic nitrogens is 1. The number of ether oxygens (including phenoxy) is 2. The number of nitrogens with zero attached hydrogens (tertiary/aromatic N) is 3. The summed E-state index contributed by atoms with van der Waals surface area (Å²) >= 11 is 5.31. The molecule has 8 nitrogen and oxygen atoms in total. The number of benzene rings is 1. The van der Waals surface area contributed by atoms with Crippen molar-refractivity contribution in [3.63, 3.8) is 0 Å².